The molecule has 1 rings (SSSR count). The summed E-state index contributed by atoms with van der Waals surface area (Å²) in [5.74, 6) is 0.555. The van der Waals surface area contributed by atoms with Crippen LogP contribution in [0.2, 0.25) is 0 Å². The monoisotopic (exact) mass is 242 g/mol. The van der Waals surface area contributed by atoms with Crippen molar-refractivity contribution in [2.75, 3.05) is 19.6 Å². The minimum Gasteiger partial charge on any atom is -0.388 e. The first-order chi connectivity index (χ1) is 8.00. The Bertz CT molecular complexity index is 254. The second-order valence-corrected chi connectivity index (χ2v) is 5.26. The zero-order valence-corrected chi connectivity index (χ0v) is 11.3. The standard InChI is InChI=1S/C13H26N2O2/c1-4-15(5-2)12(16)14-10-13(17)8-6-7-11(3)9-13/h11,17H,4-10H2,1-3H3,(H,14,16). The molecule has 1 aliphatic rings. The number of carbonyl (C=O) groups excluding carboxylic acids is 1. The maximum Gasteiger partial charge on any atom is 0.317 e. The van der Waals surface area contributed by atoms with Crippen molar-refractivity contribution in [3.8, 4) is 0 Å². The Labute approximate surface area is 104 Å². The van der Waals surface area contributed by atoms with Gasteiger partial charge in [0.05, 0.1) is 5.60 Å². The number of carbonyl (C=O) groups is 1. The summed E-state index contributed by atoms with van der Waals surface area (Å²) in [7, 11) is 0. The van der Waals surface area contributed by atoms with Crippen LogP contribution in [0.1, 0.15) is 46.5 Å². The number of aliphatic hydroxyl groups is 1. The van der Waals surface area contributed by atoms with Gasteiger partial charge in [-0.2, -0.15) is 0 Å². The molecule has 1 fully saturated rings. The fourth-order valence-electron chi connectivity index (χ4n) is 2.66. The lowest BCUT2D eigenvalue weighted by atomic mass is 9.79. The van der Waals surface area contributed by atoms with Crippen molar-refractivity contribution in [3.63, 3.8) is 0 Å². The summed E-state index contributed by atoms with van der Waals surface area (Å²) in [5, 5.41) is 13.2. The largest absolute Gasteiger partial charge is 0.388 e. The van der Waals surface area contributed by atoms with Gasteiger partial charge in [0.15, 0.2) is 0 Å². The Hall–Kier alpha value is -0.770. The molecule has 4 heteroatoms. The van der Waals surface area contributed by atoms with Crippen LogP contribution in [-0.2, 0) is 0 Å². The Balaban J connectivity index is 2.41. The summed E-state index contributed by atoms with van der Waals surface area (Å²) >= 11 is 0. The van der Waals surface area contributed by atoms with Crippen LogP contribution in [-0.4, -0.2) is 41.3 Å². The molecule has 0 bridgehead atoms. The first-order valence-electron chi connectivity index (χ1n) is 6.76. The van der Waals surface area contributed by atoms with E-state index in [1.165, 1.54) is 6.42 Å². The van der Waals surface area contributed by atoms with E-state index in [2.05, 4.69) is 12.2 Å². The van der Waals surface area contributed by atoms with Gasteiger partial charge in [-0.3, -0.25) is 0 Å². The highest BCUT2D eigenvalue weighted by molar-refractivity contribution is 5.74. The number of nitrogens with zero attached hydrogens (tertiary/aromatic N) is 1. The molecule has 1 saturated carbocycles. The minimum atomic E-state index is -0.694. The number of urea groups is 1. The van der Waals surface area contributed by atoms with Crippen molar-refractivity contribution in [2.24, 2.45) is 5.92 Å². The molecule has 1 aliphatic carbocycles. The molecule has 0 aliphatic heterocycles. The van der Waals surface area contributed by atoms with Gasteiger partial charge in [-0.15, -0.1) is 0 Å². The maximum atomic E-state index is 11.8. The van der Waals surface area contributed by atoms with E-state index in [-0.39, 0.29) is 6.03 Å². The van der Waals surface area contributed by atoms with Gasteiger partial charge in [0.1, 0.15) is 0 Å². The SMILES string of the molecule is CCN(CC)C(=O)NCC1(O)CCCC(C)C1. The van der Waals surface area contributed by atoms with E-state index >= 15 is 0 Å². The molecule has 2 atom stereocenters. The Morgan fingerprint density at radius 1 is 1.47 bits per heavy atom. The molecule has 2 unspecified atom stereocenters. The highest BCUT2D eigenvalue weighted by Gasteiger charge is 2.33. The molecule has 0 aromatic carbocycles. The fourth-order valence-corrected chi connectivity index (χ4v) is 2.66. The number of hydrogen-bond donors (Lipinski definition) is 2. The zero-order valence-electron chi connectivity index (χ0n) is 11.3. The lowest BCUT2D eigenvalue weighted by Gasteiger charge is -2.36. The first kappa shape index (κ1) is 14.3. The molecule has 0 aromatic heterocycles. The molecule has 2 N–H and O–H groups in total. The van der Waals surface area contributed by atoms with Gasteiger partial charge >= 0.3 is 6.03 Å². The van der Waals surface area contributed by atoms with Crippen molar-refractivity contribution in [1.82, 2.24) is 10.2 Å². The minimum absolute atomic E-state index is 0.0679. The quantitative estimate of drug-likeness (QED) is 0.792. The lowest BCUT2D eigenvalue weighted by Crippen LogP contribution is -2.49. The first-order valence-corrected chi connectivity index (χ1v) is 6.76. The molecule has 0 heterocycles. The highest BCUT2D eigenvalue weighted by Crippen LogP contribution is 2.31. The Kier molecular flexibility index (Phi) is 5.25. The normalized spacial score (nSPS) is 28.8. The summed E-state index contributed by atoms with van der Waals surface area (Å²) in [4.78, 5) is 13.5. The highest BCUT2D eigenvalue weighted by atomic mass is 16.3. The molecule has 0 spiro atoms. The summed E-state index contributed by atoms with van der Waals surface area (Å²) < 4.78 is 0. The smallest absolute Gasteiger partial charge is 0.317 e. The Morgan fingerprint density at radius 3 is 2.65 bits per heavy atom. The molecule has 0 saturated heterocycles. The molecule has 0 radical (unpaired) electrons. The van der Waals surface area contributed by atoms with Gasteiger partial charge in [0, 0.05) is 19.6 Å². The van der Waals surface area contributed by atoms with Crippen LogP contribution in [0, 0.1) is 5.92 Å². The van der Waals surface area contributed by atoms with Crippen LogP contribution in [0.25, 0.3) is 0 Å². The zero-order chi connectivity index (χ0) is 12.9. The number of nitrogens with one attached hydrogen (secondary N) is 1. The molecule has 4 nitrogen and oxygen atoms in total. The van der Waals surface area contributed by atoms with Gasteiger partial charge in [-0.05, 0) is 32.6 Å². The average Bonchev–Trinajstić information content (AvgIpc) is 2.28. The van der Waals surface area contributed by atoms with Crippen LogP contribution in [0.4, 0.5) is 4.79 Å². The number of rotatable bonds is 4. The van der Waals surface area contributed by atoms with E-state index in [0.29, 0.717) is 25.6 Å². The van der Waals surface area contributed by atoms with Crippen molar-refractivity contribution in [1.29, 1.82) is 0 Å². The second-order valence-electron chi connectivity index (χ2n) is 5.26. The lowest BCUT2D eigenvalue weighted by molar-refractivity contribution is -0.0103. The molecule has 17 heavy (non-hydrogen) atoms. The van der Waals surface area contributed by atoms with Crippen molar-refractivity contribution in [3.05, 3.63) is 0 Å². The second kappa shape index (κ2) is 6.24. The third kappa shape index (κ3) is 4.19. The van der Waals surface area contributed by atoms with E-state index in [9.17, 15) is 9.90 Å². The summed E-state index contributed by atoms with van der Waals surface area (Å²) in [6, 6.07) is -0.0679. The molecular formula is C13H26N2O2. The third-order valence-electron chi connectivity index (χ3n) is 3.69. The average molecular weight is 242 g/mol. The van der Waals surface area contributed by atoms with Gasteiger partial charge in [-0.1, -0.05) is 19.8 Å². The molecular weight excluding hydrogens is 216 g/mol. The maximum absolute atomic E-state index is 11.8. The van der Waals surface area contributed by atoms with Crippen LogP contribution in [0.3, 0.4) is 0 Å². The van der Waals surface area contributed by atoms with E-state index in [1.54, 1.807) is 4.90 Å². The number of hydrogen-bond acceptors (Lipinski definition) is 2. The van der Waals surface area contributed by atoms with E-state index in [0.717, 1.165) is 19.3 Å². The molecule has 0 aromatic rings. The van der Waals surface area contributed by atoms with E-state index in [1.807, 2.05) is 13.8 Å². The Morgan fingerprint density at radius 2 is 2.12 bits per heavy atom. The number of amides is 2. The van der Waals surface area contributed by atoms with Crippen LogP contribution in [0.5, 0.6) is 0 Å². The van der Waals surface area contributed by atoms with Gasteiger partial charge in [0.2, 0.25) is 0 Å². The predicted molar refractivity (Wildman–Crippen MR) is 68.9 cm³/mol. The van der Waals surface area contributed by atoms with E-state index in [4.69, 9.17) is 0 Å². The van der Waals surface area contributed by atoms with Gasteiger partial charge in [-0.25, -0.2) is 4.79 Å². The van der Waals surface area contributed by atoms with Crippen molar-refractivity contribution in [2.45, 2.75) is 52.1 Å². The predicted octanol–water partition coefficient (Wildman–Crippen LogP) is 1.98. The summed E-state index contributed by atoms with van der Waals surface area (Å²) in [6.07, 6.45) is 3.84. The van der Waals surface area contributed by atoms with Crippen LogP contribution < -0.4 is 5.32 Å². The van der Waals surface area contributed by atoms with Crippen LogP contribution >= 0.6 is 0 Å². The third-order valence-corrected chi connectivity index (χ3v) is 3.69. The molecule has 2 amide bonds. The van der Waals surface area contributed by atoms with Gasteiger partial charge in [0.25, 0.3) is 0 Å². The summed E-state index contributed by atoms with van der Waals surface area (Å²) in [5.41, 5.74) is -0.694. The van der Waals surface area contributed by atoms with Gasteiger partial charge < -0.3 is 15.3 Å². The van der Waals surface area contributed by atoms with Crippen molar-refractivity contribution >= 4 is 6.03 Å². The van der Waals surface area contributed by atoms with Crippen molar-refractivity contribution < 1.29 is 9.90 Å². The van der Waals surface area contributed by atoms with Crippen LogP contribution in [0.15, 0.2) is 0 Å². The molecule has 100 valence electrons. The summed E-state index contributed by atoms with van der Waals surface area (Å²) in [6.45, 7) is 7.87. The fraction of sp³-hybridized carbons (Fsp3) is 0.923. The topological polar surface area (TPSA) is 52.6 Å². The van der Waals surface area contributed by atoms with E-state index < -0.39 is 5.60 Å².